The van der Waals surface area contributed by atoms with Gasteiger partial charge in [-0.1, -0.05) is 0 Å². The van der Waals surface area contributed by atoms with Gasteiger partial charge in [0.15, 0.2) is 5.78 Å². The number of carbonyl (C=O) groups is 2. The monoisotopic (exact) mass is 391 g/mol. The molecule has 0 unspecified atom stereocenters. The van der Waals surface area contributed by atoms with Gasteiger partial charge in [0.2, 0.25) is 0 Å². The van der Waals surface area contributed by atoms with Crippen molar-refractivity contribution in [2.75, 3.05) is 24.9 Å². The fourth-order valence-electron chi connectivity index (χ4n) is 2.68. The predicted octanol–water partition coefficient (Wildman–Crippen LogP) is 4.30. The molecule has 0 aliphatic rings. The van der Waals surface area contributed by atoms with Crippen molar-refractivity contribution >= 4 is 28.8 Å². The maximum atomic E-state index is 12.6. The van der Waals surface area contributed by atoms with Crippen LogP contribution in [-0.4, -0.2) is 30.9 Å². The van der Waals surface area contributed by atoms with Crippen LogP contribution in [0.15, 0.2) is 60.9 Å². The van der Waals surface area contributed by atoms with E-state index >= 15 is 0 Å². The maximum absolute atomic E-state index is 12.6. The Balaban J connectivity index is 1.75. The van der Waals surface area contributed by atoms with Crippen LogP contribution in [0, 0.1) is 0 Å². The molecule has 0 saturated heterocycles. The molecule has 148 valence electrons. The first-order valence-corrected chi connectivity index (χ1v) is 8.86. The molecule has 3 aromatic rings. The summed E-state index contributed by atoms with van der Waals surface area (Å²) in [5.74, 6) is 0.942. The lowest BCUT2D eigenvalue weighted by molar-refractivity contribution is 0.101. The second-order valence-electron chi connectivity index (χ2n) is 6.24. The fourth-order valence-corrected chi connectivity index (χ4v) is 2.68. The number of hydrogen-bond donors (Lipinski definition) is 2. The Bertz CT molecular complexity index is 1030. The molecule has 1 amide bonds. The highest BCUT2D eigenvalue weighted by Gasteiger charge is 2.10. The van der Waals surface area contributed by atoms with Crippen LogP contribution in [0.2, 0.25) is 0 Å². The molecule has 2 aromatic carbocycles. The molecule has 0 spiro atoms. The second-order valence-corrected chi connectivity index (χ2v) is 6.24. The zero-order valence-electron chi connectivity index (χ0n) is 16.4. The lowest BCUT2D eigenvalue weighted by Crippen LogP contribution is -2.12. The van der Waals surface area contributed by atoms with Gasteiger partial charge in [0.05, 0.1) is 37.4 Å². The summed E-state index contributed by atoms with van der Waals surface area (Å²) in [6.07, 6.45) is 3.10. The number of amides is 1. The van der Waals surface area contributed by atoms with Gasteiger partial charge >= 0.3 is 0 Å². The Morgan fingerprint density at radius 2 is 1.62 bits per heavy atom. The number of rotatable bonds is 7. The number of carbonyl (C=O) groups excluding carboxylic acids is 2. The second kappa shape index (κ2) is 8.88. The van der Waals surface area contributed by atoms with Gasteiger partial charge < -0.3 is 20.1 Å². The molecule has 7 nitrogen and oxygen atoms in total. The van der Waals surface area contributed by atoms with Crippen molar-refractivity contribution in [3.8, 4) is 11.5 Å². The summed E-state index contributed by atoms with van der Waals surface area (Å²) in [5.41, 5.74) is 2.91. The summed E-state index contributed by atoms with van der Waals surface area (Å²) >= 11 is 0. The normalized spacial score (nSPS) is 10.2. The topological polar surface area (TPSA) is 89.5 Å². The Labute approximate surface area is 168 Å². The molecule has 0 atom stereocenters. The number of benzene rings is 2. The average Bonchev–Trinajstić information content (AvgIpc) is 2.74. The van der Waals surface area contributed by atoms with Gasteiger partial charge in [-0.15, -0.1) is 0 Å². The average molecular weight is 391 g/mol. The van der Waals surface area contributed by atoms with E-state index in [1.165, 1.54) is 13.1 Å². The van der Waals surface area contributed by atoms with E-state index in [2.05, 4.69) is 15.6 Å². The minimum atomic E-state index is -0.307. The molecular formula is C22H21N3O4. The maximum Gasteiger partial charge on any atom is 0.257 e. The van der Waals surface area contributed by atoms with Gasteiger partial charge in [0, 0.05) is 23.5 Å². The summed E-state index contributed by atoms with van der Waals surface area (Å²) in [6.45, 7) is 1.50. The summed E-state index contributed by atoms with van der Waals surface area (Å²) in [6, 6.07) is 13.8. The van der Waals surface area contributed by atoms with E-state index in [-0.39, 0.29) is 11.7 Å². The van der Waals surface area contributed by atoms with E-state index in [0.29, 0.717) is 39.7 Å². The van der Waals surface area contributed by atoms with E-state index < -0.39 is 0 Å². The standard InChI is InChI=1S/C22H21N3O4/c1-14(26)15-4-6-17(7-5-15)25-22(27)16-10-18(13-23-12-16)24-20-9-8-19(28-2)11-21(20)29-3/h4-13,24H,1-3H3,(H,25,27). The molecule has 0 radical (unpaired) electrons. The van der Waals surface area contributed by atoms with Crippen molar-refractivity contribution in [2.45, 2.75) is 6.92 Å². The highest BCUT2D eigenvalue weighted by atomic mass is 16.5. The fraction of sp³-hybridized carbons (Fsp3) is 0.136. The highest BCUT2D eigenvalue weighted by molar-refractivity contribution is 6.05. The van der Waals surface area contributed by atoms with Gasteiger partial charge in [-0.2, -0.15) is 0 Å². The Kier molecular flexibility index (Phi) is 6.09. The lowest BCUT2D eigenvalue weighted by atomic mass is 10.1. The number of ketones is 1. The first kappa shape index (κ1) is 19.9. The smallest absolute Gasteiger partial charge is 0.257 e. The van der Waals surface area contributed by atoms with Crippen molar-refractivity contribution in [3.63, 3.8) is 0 Å². The van der Waals surface area contributed by atoms with Crippen LogP contribution in [0.3, 0.4) is 0 Å². The lowest BCUT2D eigenvalue weighted by Gasteiger charge is -2.13. The zero-order valence-corrected chi connectivity index (χ0v) is 16.4. The molecule has 2 N–H and O–H groups in total. The van der Waals surface area contributed by atoms with E-state index in [9.17, 15) is 9.59 Å². The third-order valence-electron chi connectivity index (χ3n) is 4.24. The number of nitrogens with one attached hydrogen (secondary N) is 2. The summed E-state index contributed by atoms with van der Waals surface area (Å²) in [4.78, 5) is 28.0. The third kappa shape index (κ3) is 4.90. The van der Waals surface area contributed by atoms with Crippen LogP contribution in [0.1, 0.15) is 27.6 Å². The number of ether oxygens (including phenoxy) is 2. The summed E-state index contributed by atoms with van der Waals surface area (Å²) < 4.78 is 10.6. The Hall–Kier alpha value is -3.87. The van der Waals surface area contributed by atoms with Gasteiger partial charge in [-0.3, -0.25) is 14.6 Å². The van der Waals surface area contributed by atoms with Crippen LogP contribution in [-0.2, 0) is 0 Å². The molecule has 0 aliphatic carbocycles. The number of pyridine rings is 1. The van der Waals surface area contributed by atoms with Crippen molar-refractivity contribution in [2.24, 2.45) is 0 Å². The number of Topliss-reactive ketones (excluding diaryl/α,β-unsaturated/α-hetero) is 1. The first-order chi connectivity index (χ1) is 14.0. The number of hydrogen-bond acceptors (Lipinski definition) is 6. The van der Waals surface area contributed by atoms with Crippen LogP contribution in [0.25, 0.3) is 0 Å². The number of anilines is 3. The third-order valence-corrected chi connectivity index (χ3v) is 4.24. The molecule has 7 heteroatoms. The largest absolute Gasteiger partial charge is 0.497 e. The molecule has 0 saturated carbocycles. The SMILES string of the molecule is COc1ccc(Nc2cncc(C(=O)Nc3ccc(C(C)=O)cc3)c2)c(OC)c1. The molecule has 29 heavy (non-hydrogen) atoms. The molecule has 1 heterocycles. The van der Waals surface area contributed by atoms with Crippen molar-refractivity contribution in [1.29, 1.82) is 0 Å². The molecule has 0 aliphatic heterocycles. The zero-order chi connectivity index (χ0) is 20.8. The van der Waals surface area contributed by atoms with Crippen LogP contribution in [0.4, 0.5) is 17.1 Å². The van der Waals surface area contributed by atoms with Crippen molar-refractivity contribution in [1.82, 2.24) is 4.98 Å². The van der Waals surface area contributed by atoms with E-state index in [0.717, 1.165) is 0 Å². The molecule has 0 bridgehead atoms. The first-order valence-electron chi connectivity index (χ1n) is 8.86. The summed E-state index contributed by atoms with van der Waals surface area (Å²) in [5, 5.41) is 5.99. The van der Waals surface area contributed by atoms with E-state index in [4.69, 9.17) is 9.47 Å². The van der Waals surface area contributed by atoms with Crippen LogP contribution >= 0.6 is 0 Å². The predicted molar refractivity (Wildman–Crippen MR) is 111 cm³/mol. The Morgan fingerprint density at radius 1 is 0.862 bits per heavy atom. The van der Waals surface area contributed by atoms with Crippen molar-refractivity contribution < 1.29 is 19.1 Å². The quantitative estimate of drug-likeness (QED) is 0.584. The van der Waals surface area contributed by atoms with Gasteiger partial charge in [-0.25, -0.2) is 0 Å². The summed E-state index contributed by atoms with van der Waals surface area (Å²) in [7, 11) is 3.15. The molecule has 1 aromatic heterocycles. The minimum absolute atomic E-state index is 0.0280. The molecular weight excluding hydrogens is 370 g/mol. The van der Waals surface area contributed by atoms with E-state index in [1.807, 2.05) is 6.07 Å². The van der Waals surface area contributed by atoms with E-state index in [1.54, 1.807) is 62.9 Å². The number of methoxy groups -OCH3 is 2. The van der Waals surface area contributed by atoms with Crippen LogP contribution in [0.5, 0.6) is 11.5 Å². The highest BCUT2D eigenvalue weighted by Crippen LogP contribution is 2.31. The number of nitrogens with zero attached hydrogens (tertiary/aromatic N) is 1. The van der Waals surface area contributed by atoms with Gasteiger partial charge in [-0.05, 0) is 49.4 Å². The van der Waals surface area contributed by atoms with Crippen molar-refractivity contribution in [3.05, 3.63) is 72.1 Å². The molecule has 3 rings (SSSR count). The van der Waals surface area contributed by atoms with Gasteiger partial charge in [0.1, 0.15) is 11.5 Å². The number of aromatic nitrogens is 1. The molecule has 0 fully saturated rings. The van der Waals surface area contributed by atoms with Crippen LogP contribution < -0.4 is 20.1 Å². The minimum Gasteiger partial charge on any atom is -0.497 e. The Morgan fingerprint density at radius 3 is 2.28 bits per heavy atom. The van der Waals surface area contributed by atoms with Gasteiger partial charge in [0.25, 0.3) is 5.91 Å².